The van der Waals surface area contributed by atoms with Crippen LogP contribution in [0.1, 0.15) is 48.9 Å². The number of carboxylic acid groups (broad SMARTS) is 1. The van der Waals surface area contributed by atoms with Crippen molar-refractivity contribution in [2.24, 2.45) is 5.92 Å². The zero-order valence-corrected chi connectivity index (χ0v) is 12.3. The number of piperidine rings is 1. The highest BCUT2D eigenvalue weighted by atomic mass is 35.5. The van der Waals surface area contributed by atoms with Gasteiger partial charge in [-0.2, -0.15) is 0 Å². The van der Waals surface area contributed by atoms with Gasteiger partial charge in [-0.25, -0.2) is 4.79 Å². The number of nitrogens with zero attached hydrogens (tertiary/aromatic N) is 1. The topological polar surface area (TPSA) is 40.5 Å². The average Bonchev–Trinajstić information content (AvgIpc) is 2.46. The maximum Gasteiger partial charge on any atom is 0.337 e. The molecule has 2 aliphatic rings. The van der Waals surface area contributed by atoms with Crippen LogP contribution in [-0.2, 0) is 0 Å². The van der Waals surface area contributed by atoms with Crippen molar-refractivity contribution in [2.75, 3.05) is 11.4 Å². The summed E-state index contributed by atoms with van der Waals surface area (Å²) in [7, 11) is 0. The summed E-state index contributed by atoms with van der Waals surface area (Å²) in [5.74, 6) is -0.161. The molecule has 0 aromatic heterocycles. The van der Waals surface area contributed by atoms with Gasteiger partial charge >= 0.3 is 5.97 Å². The van der Waals surface area contributed by atoms with Crippen LogP contribution in [0.5, 0.6) is 0 Å². The second-order valence-corrected chi connectivity index (χ2v) is 6.32. The van der Waals surface area contributed by atoms with Crippen molar-refractivity contribution in [2.45, 2.75) is 44.6 Å². The van der Waals surface area contributed by atoms with Gasteiger partial charge in [0.1, 0.15) is 0 Å². The van der Waals surface area contributed by atoms with Gasteiger partial charge in [-0.15, -0.1) is 0 Å². The molecular weight excluding hydrogens is 274 g/mol. The number of carbonyl (C=O) groups is 1. The third-order valence-electron chi connectivity index (χ3n) is 4.76. The average molecular weight is 294 g/mol. The summed E-state index contributed by atoms with van der Waals surface area (Å²) in [6, 6.07) is 5.98. The van der Waals surface area contributed by atoms with Crippen molar-refractivity contribution in [3.8, 4) is 0 Å². The van der Waals surface area contributed by atoms with Gasteiger partial charge in [0.25, 0.3) is 0 Å². The zero-order valence-electron chi connectivity index (χ0n) is 11.5. The van der Waals surface area contributed by atoms with E-state index in [1.807, 2.05) is 12.1 Å². The van der Waals surface area contributed by atoms with Crippen LogP contribution < -0.4 is 4.90 Å². The molecule has 20 heavy (non-hydrogen) atoms. The van der Waals surface area contributed by atoms with Crippen LogP contribution in [0.2, 0.25) is 5.02 Å². The third-order valence-corrected chi connectivity index (χ3v) is 5.07. The fourth-order valence-electron chi connectivity index (χ4n) is 3.80. The van der Waals surface area contributed by atoms with Crippen molar-refractivity contribution in [1.82, 2.24) is 0 Å². The Labute approximate surface area is 124 Å². The molecule has 2 atom stereocenters. The zero-order chi connectivity index (χ0) is 14.1. The summed E-state index contributed by atoms with van der Waals surface area (Å²) in [5, 5.41) is 9.40. The van der Waals surface area contributed by atoms with Crippen molar-refractivity contribution < 1.29 is 9.90 Å². The SMILES string of the molecule is O=C(O)c1ccc(N2CCCC3CCCCC32)cc1Cl. The molecule has 1 aliphatic heterocycles. The fraction of sp³-hybridized carbons (Fsp3) is 0.562. The highest BCUT2D eigenvalue weighted by molar-refractivity contribution is 6.33. The van der Waals surface area contributed by atoms with Gasteiger partial charge in [0.15, 0.2) is 0 Å². The van der Waals surface area contributed by atoms with Gasteiger partial charge in [0, 0.05) is 18.3 Å². The molecule has 0 radical (unpaired) electrons. The first-order chi connectivity index (χ1) is 9.66. The van der Waals surface area contributed by atoms with Crippen LogP contribution in [0.25, 0.3) is 0 Å². The Balaban J connectivity index is 1.87. The quantitative estimate of drug-likeness (QED) is 0.888. The lowest BCUT2D eigenvalue weighted by Crippen LogP contribution is -2.46. The van der Waals surface area contributed by atoms with Crippen molar-refractivity contribution in [3.63, 3.8) is 0 Å². The molecule has 1 aromatic carbocycles. The first kappa shape index (κ1) is 13.7. The standard InChI is InChI=1S/C16H20ClNO2/c17-14-10-12(7-8-13(14)16(19)20)18-9-3-5-11-4-1-2-6-15(11)18/h7-8,10-11,15H,1-6,9H2,(H,19,20). The maximum atomic E-state index is 11.0. The van der Waals surface area contributed by atoms with Gasteiger partial charge in [-0.3, -0.25) is 0 Å². The number of halogens is 1. The Bertz CT molecular complexity index is 515. The Morgan fingerprint density at radius 1 is 1.20 bits per heavy atom. The van der Waals surface area contributed by atoms with E-state index in [0.29, 0.717) is 11.1 Å². The molecule has 3 rings (SSSR count). The highest BCUT2D eigenvalue weighted by Crippen LogP contribution is 2.38. The lowest BCUT2D eigenvalue weighted by molar-refractivity contribution is 0.0697. The number of anilines is 1. The molecule has 1 aromatic rings. The Morgan fingerprint density at radius 3 is 2.70 bits per heavy atom. The molecule has 108 valence electrons. The van der Waals surface area contributed by atoms with Crippen LogP contribution in [0.15, 0.2) is 18.2 Å². The second kappa shape index (κ2) is 5.65. The normalized spacial score (nSPS) is 26.1. The second-order valence-electron chi connectivity index (χ2n) is 5.92. The summed E-state index contributed by atoms with van der Waals surface area (Å²) >= 11 is 6.11. The van der Waals surface area contributed by atoms with Crippen molar-refractivity contribution in [3.05, 3.63) is 28.8 Å². The van der Waals surface area contributed by atoms with E-state index in [0.717, 1.165) is 18.2 Å². The largest absolute Gasteiger partial charge is 0.478 e. The summed E-state index contributed by atoms with van der Waals surface area (Å²) in [4.78, 5) is 13.5. The smallest absolute Gasteiger partial charge is 0.337 e. The van der Waals surface area contributed by atoms with E-state index in [9.17, 15) is 4.79 Å². The molecule has 1 aliphatic carbocycles. The maximum absolute atomic E-state index is 11.0. The number of hydrogen-bond donors (Lipinski definition) is 1. The van der Waals surface area contributed by atoms with E-state index in [1.165, 1.54) is 38.5 Å². The van der Waals surface area contributed by atoms with Crippen LogP contribution >= 0.6 is 11.6 Å². The summed E-state index contributed by atoms with van der Waals surface area (Å²) < 4.78 is 0. The number of fused-ring (bicyclic) bond motifs is 1. The molecule has 1 N–H and O–H groups in total. The van der Waals surface area contributed by atoms with E-state index in [1.54, 1.807) is 6.07 Å². The molecule has 1 saturated carbocycles. The van der Waals surface area contributed by atoms with Gasteiger partial charge < -0.3 is 10.0 Å². The molecule has 2 unspecified atom stereocenters. The first-order valence-electron chi connectivity index (χ1n) is 7.46. The molecule has 4 heteroatoms. The number of benzene rings is 1. The summed E-state index contributed by atoms with van der Waals surface area (Å²) in [6.45, 7) is 1.06. The van der Waals surface area contributed by atoms with E-state index < -0.39 is 5.97 Å². The molecule has 2 fully saturated rings. The lowest BCUT2D eigenvalue weighted by Gasteiger charge is -2.45. The van der Waals surface area contributed by atoms with Gasteiger partial charge in [0.2, 0.25) is 0 Å². The number of hydrogen-bond acceptors (Lipinski definition) is 2. The lowest BCUT2D eigenvalue weighted by atomic mass is 9.78. The van der Waals surface area contributed by atoms with Crippen LogP contribution in [-0.4, -0.2) is 23.7 Å². The van der Waals surface area contributed by atoms with Gasteiger partial charge in [-0.05, 0) is 49.8 Å². The van der Waals surface area contributed by atoms with E-state index >= 15 is 0 Å². The minimum atomic E-state index is -0.962. The Kier molecular flexibility index (Phi) is 3.88. The number of carboxylic acids is 1. The first-order valence-corrected chi connectivity index (χ1v) is 7.84. The summed E-state index contributed by atoms with van der Waals surface area (Å²) in [5.41, 5.74) is 1.27. The number of aromatic carboxylic acids is 1. The van der Waals surface area contributed by atoms with Crippen LogP contribution in [0, 0.1) is 5.92 Å². The Morgan fingerprint density at radius 2 is 1.95 bits per heavy atom. The molecule has 1 saturated heterocycles. The van der Waals surface area contributed by atoms with Gasteiger partial charge in [0.05, 0.1) is 10.6 Å². The molecule has 0 bridgehead atoms. The molecule has 0 spiro atoms. The fourth-order valence-corrected chi connectivity index (χ4v) is 4.06. The molecular formula is C16H20ClNO2. The predicted molar refractivity (Wildman–Crippen MR) is 80.7 cm³/mol. The van der Waals surface area contributed by atoms with E-state index in [-0.39, 0.29) is 5.56 Å². The molecule has 1 heterocycles. The predicted octanol–water partition coefficient (Wildman–Crippen LogP) is 4.20. The molecule has 3 nitrogen and oxygen atoms in total. The number of rotatable bonds is 2. The van der Waals surface area contributed by atoms with E-state index in [2.05, 4.69) is 4.90 Å². The Hall–Kier alpha value is -1.22. The van der Waals surface area contributed by atoms with E-state index in [4.69, 9.17) is 16.7 Å². The third kappa shape index (κ3) is 2.51. The minimum Gasteiger partial charge on any atom is -0.478 e. The van der Waals surface area contributed by atoms with Crippen molar-refractivity contribution >= 4 is 23.3 Å². The molecule has 0 amide bonds. The minimum absolute atomic E-state index is 0.188. The summed E-state index contributed by atoms with van der Waals surface area (Å²) in [6.07, 6.45) is 7.80. The van der Waals surface area contributed by atoms with Crippen LogP contribution in [0.3, 0.4) is 0 Å². The highest BCUT2D eigenvalue weighted by Gasteiger charge is 2.33. The van der Waals surface area contributed by atoms with Crippen LogP contribution in [0.4, 0.5) is 5.69 Å². The van der Waals surface area contributed by atoms with Crippen molar-refractivity contribution in [1.29, 1.82) is 0 Å². The van der Waals surface area contributed by atoms with Gasteiger partial charge in [-0.1, -0.05) is 24.4 Å². The monoisotopic (exact) mass is 293 g/mol.